The van der Waals surface area contributed by atoms with Gasteiger partial charge in [-0.3, -0.25) is 15.1 Å². The van der Waals surface area contributed by atoms with E-state index in [4.69, 9.17) is 4.74 Å². The van der Waals surface area contributed by atoms with Gasteiger partial charge in [-0.15, -0.1) is 0 Å². The van der Waals surface area contributed by atoms with Crippen molar-refractivity contribution in [1.82, 2.24) is 10.3 Å². The third-order valence-electron chi connectivity index (χ3n) is 2.64. The van der Waals surface area contributed by atoms with Crippen LogP contribution in [-0.4, -0.2) is 23.6 Å². The largest absolute Gasteiger partial charge is 0.465 e. The first-order valence-corrected chi connectivity index (χ1v) is 6.01. The van der Waals surface area contributed by atoms with Crippen LogP contribution in [0.15, 0.2) is 24.5 Å². The van der Waals surface area contributed by atoms with Crippen molar-refractivity contribution in [3.8, 4) is 0 Å². The van der Waals surface area contributed by atoms with Crippen LogP contribution < -0.4 is 5.32 Å². The molecule has 0 aliphatic heterocycles. The molecular formula is C13H20N2O2. The summed E-state index contributed by atoms with van der Waals surface area (Å²) in [7, 11) is 0. The normalized spacial score (nSPS) is 14.1. The van der Waals surface area contributed by atoms with Gasteiger partial charge in [0.1, 0.15) is 6.04 Å². The minimum Gasteiger partial charge on any atom is -0.465 e. The van der Waals surface area contributed by atoms with E-state index in [1.807, 2.05) is 32.9 Å². The zero-order valence-corrected chi connectivity index (χ0v) is 10.6. The molecule has 1 aromatic heterocycles. The minimum atomic E-state index is -0.252. The monoisotopic (exact) mass is 236 g/mol. The van der Waals surface area contributed by atoms with E-state index in [-0.39, 0.29) is 18.1 Å². The number of nitrogens with one attached hydrogen (secondary N) is 1. The molecule has 2 atom stereocenters. The molecule has 0 aromatic carbocycles. The Bertz CT molecular complexity index is 341. The van der Waals surface area contributed by atoms with Gasteiger partial charge in [0.25, 0.3) is 0 Å². The summed E-state index contributed by atoms with van der Waals surface area (Å²) in [5.41, 5.74) is 1.11. The molecule has 0 aliphatic carbocycles. The summed E-state index contributed by atoms with van der Waals surface area (Å²) < 4.78 is 5.02. The number of hydrogen-bond donors (Lipinski definition) is 1. The lowest BCUT2D eigenvalue weighted by molar-refractivity contribution is -0.145. The Labute approximate surface area is 102 Å². The average Bonchev–Trinajstić information content (AvgIpc) is 2.37. The van der Waals surface area contributed by atoms with E-state index in [1.54, 1.807) is 12.4 Å². The summed E-state index contributed by atoms with van der Waals surface area (Å²) in [5, 5.41) is 3.27. The van der Waals surface area contributed by atoms with Gasteiger partial charge in [0.15, 0.2) is 0 Å². The van der Waals surface area contributed by atoms with Crippen LogP contribution in [0.3, 0.4) is 0 Å². The maximum atomic E-state index is 11.6. The molecule has 0 aliphatic rings. The van der Waals surface area contributed by atoms with Gasteiger partial charge in [-0.25, -0.2) is 0 Å². The first-order valence-electron chi connectivity index (χ1n) is 6.01. The summed E-state index contributed by atoms with van der Waals surface area (Å²) >= 11 is 0. The molecule has 0 saturated carbocycles. The molecule has 0 bridgehead atoms. The van der Waals surface area contributed by atoms with Crippen molar-refractivity contribution >= 4 is 5.97 Å². The lowest BCUT2D eigenvalue weighted by Gasteiger charge is -2.21. The molecule has 1 aromatic rings. The number of carbonyl (C=O) groups is 1. The highest BCUT2D eigenvalue weighted by molar-refractivity contribution is 5.75. The van der Waals surface area contributed by atoms with E-state index in [0.29, 0.717) is 13.0 Å². The molecule has 1 rings (SSSR count). The van der Waals surface area contributed by atoms with E-state index in [2.05, 4.69) is 10.3 Å². The highest BCUT2D eigenvalue weighted by Gasteiger charge is 2.19. The zero-order chi connectivity index (χ0) is 12.7. The Balaban J connectivity index is 2.59. The molecule has 17 heavy (non-hydrogen) atoms. The summed E-state index contributed by atoms with van der Waals surface area (Å²) in [6, 6.07) is 3.73. The second kappa shape index (κ2) is 7.01. The smallest absolute Gasteiger partial charge is 0.323 e. The Kier molecular flexibility index (Phi) is 5.63. The number of rotatable bonds is 6. The van der Waals surface area contributed by atoms with Crippen molar-refractivity contribution in [3.63, 3.8) is 0 Å². The van der Waals surface area contributed by atoms with Crippen LogP contribution in [0.2, 0.25) is 0 Å². The van der Waals surface area contributed by atoms with Crippen molar-refractivity contribution < 1.29 is 9.53 Å². The lowest BCUT2D eigenvalue weighted by Crippen LogP contribution is -2.39. The molecule has 0 spiro atoms. The number of nitrogens with zero attached hydrogens (tertiary/aromatic N) is 1. The fourth-order valence-electron chi connectivity index (χ4n) is 1.65. The first kappa shape index (κ1) is 13.6. The molecule has 94 valence electrons. The molecule has 0 radical (unpaired) electrons. The van der Waals surface area contributed by atoms with E-state index < -0.39 is 0 Å². The van der Waals surface area contributed by atoms with E-state index in [1.165, 1.54) is 0 Å². The number of hydrogen-bond acceptors (Lipinski definition) is 4. The van der Waals surface area contributed by atoms with Crippen molar-refractivity contribution in [3.05, 3.63) is 30.1 Å². The van der Waals surface area contributed by atoms with Crippen molar-refractivity contribution in [2.24, 2.45) is 0 Å². The second-order valence-corrected chi connectivity index (χ2v) is 3.88. The maximum Gasteiger partial charge on any atom is 0.323 e. The van der Waals surface area contributed by atoms with Crippen LogP contribution in [0, 0.1) is 0 Å². The molecule has 1 N–H and O–H groups in total. The van der Waals surface area contributed by atoms with Crippen molar-refractivity contribution in [2.45, 2.75) is 39.3 Å². The highest BCUT2D eigenvalue weighted by Crippen LogP contribution is 2.12. The summed E-state index contributed by atoms with van der Waals surface area (Å²) in [6.07, 6.45) is 4.21. The third-order valence-corrected chi connectivity index (χ3v) is 2.64. The number of carbonyl (C=O) groups excluding carboxylic acids is 1. The Morgan fingerprint density at radius 3 is 2.59 bits per heavy atom. The molecule has 0 saturated heterocycles. The van der Waals surface area contributed by atoms with Gasteiger partial charge in [0.05, 0.1) is 6.61 Å². The fourth-order valence-corrected chi connectivity index (χ4v) is 1.65. The van der Waals surface area contributed by atoms with Gasteiger partial charge in [-0.05, 0) is 38.0 Å². The summed E-state index contributed by atoms with van der Waals surface area (Å²) in [4.78, 5) is 15.6. The topological polar surface area (TPSA) is 51.2 Å². The number of pyridine rings is 1. The zero-order valence-electron chi connectivity index (χ0n) is 10.6. The van der Waals surface area contributed by atoms with Gasteiger partial charge < -0.3 is 4.74 Å². The van der Waals surface area contributed by atoms with Gasteiger partial charge in [0.2, 0.25) is 0 Å². The van der Waals surface area contributed by atoms with E-state index in [0.717, 1.165) is 5.56 Å². The van der Waals surface area contributed by atoms with Crippen LogP contribution in [0.4, 0.5) is 0 Å². The third kappa shape index (κ3) is 4.15. The number of ether oxygens (including phenoxy) is 1. The number of esters is 1. The average molecular weight is 236 g/mol. The van der Waals surface area contributed by atoms with Crippen molar-refractivity contribution in [1.29, 1.82) is 0 Å². The molecule has 0 fully saturated rings. The maximum absolute atomic E-state index is 11.6. The molecule has 4 nitrogen and oxygen atoms in total. The standard InChI is InChI=1S/C13H20N2O2/c1-4-12(13(16)17-5-2)15-10(3)11-6-8-14-9-7-11/h6-10,12,15H,4-5H2,1-3H3/t10-,12?/m1/s1. The number of aromatic nitrogens is 1. The van der Waals surface area contributed by atoms with Gasteiger partial charge >= 0.3 is 5.97 Å². The molecular weight excluding hydrogens is 216 g/mol. The lowest BCUT2D eigenvalue weighted by atomic mass is 10.1. The second-order valence-electron chi connectivity index (χ2n) is 3.88. The van der Waals surface area contributed by atoms with Crippen LogP contribution in [0.5, 0.6) is 0 Å². The van der Waals surface area contributed by atoms with Crippen LogP contribution in [0.1, 0.15) is 38.8 Å². The Hall–Kier alpha value is -1.42. The predicted molar refractivity (Wildman–Crippen MR) is 66.5 cm³/mol. The van der Waals surface area contributed by atoms with Crippen LogP contribution in [0.25, 0.3) is 0 Å². The van der Waals surface area contributed by atoms with Crippen LogP contribution >= 0.6 is 0 Å². The van der Waals surface area contributed by atoms with Gasteiger partial charge in [0, 0.05) is 18.4 Å². The van der Waals surface area contributed by atoms with E-state index in [9.17, 15) is 4.79 Å². The van der Waals surface area contributed by atoms with E-state index >= 15 is 0 Å². The Morgan fingerprint density at radius 1 is 1.41 bits per heavy atom. The predicted octanol–water partition coefficient (Wildman–Crippen LogP) is 2.07. The minimum absolute atomic E-state index is 0.104. The quantitative estimate of drug-likeness (QED) is 0.768. The fraction of sp³-hybridized carbons (Fsp3) is 0.538. The SMILES string of the molecule is CCOC(=O)C(CC)N[C@H](C)c1ccncc1. The molecule has 0 amide bonds. The van der Waals surface area contributed by atoms with Crippen LogP contribution in [-0.2, 0) is 9.53 Å². The molecule has 1 unspecified atom stereocenters. The highest BCUT2D eigenvalue weighted by atomic mass is 16.5. The summed E-state index contributed by atoms with van der Waals surface area (Å²) in [5.74, 6) is -0.184. The van der Waals surface area contributed by atoms with Gasteiger partial charge in [-0.2, -0.15) is 0 Å². The Morgan fingerprint density at radius 2 is 2.06 bits per heavy atom. The first-order chi connectivity index (χ1) is 8.19. The molecule has 4 heteroatoms. The summed E-state index contributed by atoms with van der Waals surface area (Å²) in [6.45, 7) is 6.22. The molecule has 1 heterocycles. The van der Waals surface area contributed by atoms with Gasteiger partial charge in [-0.1, -0.05) is 6.92 Å². The van der Waals surface area contributed by atoms with Crippen molar-refractivity contribution in [2.75, 3.05) is 6.61 Å².